The standard InChI is InChI=1S/C14H24N2O5S/c1-5-12(17)15-6-7-16(13(18)21-14(2,3)4)11-9-22(19,20)8-10(11)15/h10-11H,5-9H2,1-4H3/t10-,11-/m0/s1. The largest absolute Gasteiger partial charge is 0.444 e. The zero-order valence-corrected chi connectivity index (χ0v) is 14.4. The van der Waals surface area contributed by atoms with Crippen LogP contribution in [0.4, 0.5) is 4.79 Å². The summed E-state index contributed by atoms with van der Waals surface area (Å²) in [5, 5.41) is 0. The van der Waals surface area contributed by atoms with Gasteiger partial charge in [-0.05, 0) is 20.8 Å². The van der Waals surface area contributed by atoms with Crippen molar-refractivity contribution in [2.75, 3.05) is 24.6 Å². The molecule has 2 saturated heterocycles. The van der Waals surface area contributed by atoms with Crippen molar-refractivity contribution in [2.45, 2.75) is 51.8 Å². The van der Waals surface area contributed by atoms with Crippen LogP contribution in [0.5, 0.6) is 0 Å². The Morgan fingerprint density at radius 3 is 2.09 bits per heavy atom. The maximum Gasteiger partial charge on any atom is 0.410 e. The molecule has 2 fully saturated rings. The van der Waals surface area contributed by atoms with E-state index in [1.807, 2.05) is 0 Å². The number of sulfone groups is 1. The molecular weight excluding hydrogens is 308 g/mol. The van der Waals surface area contributed by atoms with Crippen LogP contribution in [0.15, 0.2) is 0 Å². The van der Waals surface area contributed by atoms with Gasteiger partial charge in [-0.15, -0.1) is 0 Å². The van der Waals surface area contributed by atoms with Gasteiger partial charge in [-0.1, -0.05) is 6.92 Å². The Balaban J connectivity index is 2.23. The van der Waals surface area contributed by atoms with Crippen molar-refractivity contribution in [1.82, 2.24) is 9.80 Å². The second-order valence-corrected chi connectivity index (χ2v) is 8.98. The molecule has 8 heteroatoms. The van der Waals surface area contributed by atoms with Crippen LogP contribution in [0.2, 0.25) is 0 Å². The molecule has 2 aliphatic rings. The number of ether oxygens (including phenoxy) is 1. The molecule has 7 nitrogen and oxygen atoms in total. The van der Waals surface area contributed by atoms with E-state index in [1.54, 1.807) is 32.6 Å². The number of amides is 2. The third-order valence-corrected chi connectivity index (χ3v) is 5.63. The van der Waals surface area contributed by atoms with Crippen LogP contribution in [0, 0.1) is 0 Å². The average molecular weight is 332 g/mol. The molecule has 2 atom stereocenters. The summed E-state index contributed by atoms with van der Waals surface area (Å²) in [5.74, 6) is -0.261. The molecular formula is C14H24N2O5S. The van der Waals surface area contributed by atoms with Crippen molar-refractivity contribution in [3.63, 3.8) is 0 Å². The highest BCUT2D eigenvalue weighted by molar-refractivity contribution is 7.91. The fourth-order valence-electron chi connectivity index (χ4n) is 3.01. The van der Waals surface area contributed by atoms with E-state index in [0.29, 0.717) is 19.5 Å². The Hall–Kier alpha value is -1.31. The van der Waals surface area contributed by atoms with E-state index in [4.69, 9.17) is 4.74 Å². The Labute approximate surface area is 131 Å². The number of piperazine rings is 1. The van der Waals surface area contributed by atoms with Crippen LogP contribution in [0.3, 0.4) is 0 Å². The van der Waals surface area contributed by atoms with Gasteiger partial charge >= 0.3 is 6.09 Å². The quantitative estimate of drug-likeness (QED) is 0.704. The molecule has 2 aliphatic heterocycles. The minimum absolute atomic E-state index is 0.0732. The average Bonchev–Trinajstić information content (AvgIpc) is 2.69. The van der Waals surface area contributed by atoms with Gasteiger partial charge in [0.25, 0.3) is 0 Å². The molecule has 0 aromatic rings. The molecule has 0 spiro atoms. The summed E-state index contributed by atoms with van der Waals surface area (Å²) >= 11 is 0. The van der Waals surface area contributed by atoms with Crippen molar-refractivity contribution in [1.29, 1.82) is 0 Å². The van der Waals surface area contributed by atoms with Gasteiger partial charge < -0.3 is 14.5 Å². The monoisotopic (exact) mass is 332 g/mol. The summed E-state index contributed by atoms with van der Waals surface area (Å²) in [4.78, 5) is 27.4. The summed E-state index contributed by atoms with van der Waals surface area (Å²) in [6, 6.07) is -0.970. The van der Waals surface area contributed by atoms with Crippen LogP contribution in [0.25, 0.3) is 0 Å². The van der Waals surface area contributed by atoms with Crippen LogP contribution in [0.1, 0.15) is 34.1 Å². The maximum atomic E-state index is 12.3. The minimum Gasteiger partial charge on any atom is -0.444 e. The van der Waals surface area contributed by atoms with Crippen LogP contribution in [-0.2, 0) is 19.4 Å². The zero-order valence-electron chi connectivity index (χ0n) is 13.5. The zero-order chi connectivity index (χ0) is 16.7. The highest BCUT2D eigenvalue weighted by Crippen LogP contribution is 2.28. The molecule has 0 aromatic carbocycles. The van der Waals surface area contributed by atoms with E-state index in [-0.39, 0.29) is 17.4 Å². The van der Waals surface area contributed by atoms with Crippen molar-refractivity contribution < 1.29 is 22.7 Å². The Morgan fingerprint density at radius 1 is 1.09 bits per heavy atom. The summed E-state index contributed by atoms with van der Waals surface area (Å²) < 4.78 is 29.3. The second-order valence-electron chi connectivity index (χ2n) is 6.83. The SMILES string of the molecule is CCC(=O)N1CCN(C(=O)OC(C)(C)C)[C@H]2CS(=O)(=O)C[C@@H]21. The lowest BCUT2D eigenvalue weighted by atomic mass is 10.0. The molecule has 2 amide bonds. The van der Waals surface area contributed by atoms with E-state index < -0.39 is 33.6 Å². The molecule has 0 radical (unpaired) electrons. The molecule has 22 heavy (non-hydrogen) atoms. The van der Waals surface area contributed by atoms with Crippen LogP contribution >= 0.6 is 0 Å². The van der Waals surface area contributed by atoms with Crippen LogP contribution in [-0.4, -0.2) is 72.5 Å². The van der Waals surface area contributed by atoms with Crippen molar-refractivity contribution in [3.05, 3.63) is 0 Å². The minimum atomic E-state index is -3.26. The third kappa shape index (κ3) is 3.53. The normalized spacial score (nSPS) is 27.5. The number of fused-ring (bicyclic) bond motifs is 1. The Bertz CT molecular complexity index is 566. The highest BCUT2D eigenvalue weighted by atomic mass is 32.2. The summed E-state index contributed by atoms with van der Waals surface area (Å²) in [6.45, 7) is 7.71. The van der Waals surface area contributed by atoms with E-state index >= 15 is 0 Å². The molecule has 0 N–H and O–H groups in total. The first kappa shape index (κ1) is 17.1. The van der Waals surface area contributed by atoms with Gasteiger partial charge in [-0.3, -0.25) is 4.79 Å². The molecule has 0 unspecified atom stereocenters. The van der Waals surface area contributed by atoms with Crippen molar-refractivity contribution in [3.8, 4) is 0 Å². The van der Waals surface area contributed by atoms with E-state index in [0.717, 1.165) is 0 Å². The van der Waals surface area contributed by atoms with Crippen LogP contribution < -0.4 is 0 Å². The predicted molar refractivity (Wildman–Crippen MR) is 81.2 cm³/mol. The summed E-state index contributed by atoms with van der Waals surface area (Å²) in [5.41, 5.74) is -0.638. The first-order chi connectivity index (χ1) is 10.0. The molecule has 126 valence electrons. The van der Waals surface area contributed by atoms with Gasteiger partial charge in [0.2, 0.25) is 5.91 Å². The van der Waals surface area contributed by atoms with Gasteiger partial charge in [0.1, 0.15) is 5.60 Å². The summed E-state index contributed by atoms with van der Waals surface area (Å²) in [7, 11) is -3.26. The van der Waals surface area contributed by atoms with Crippen molar-refractivity contribution in [2.24, 2.45) is 0 Å². The predicted octanol–water partition coefficient (Wildman–Crippen LogP) is 0.641. The first-order valence-electron chi connectivity index (χ1n) is 7.53. The van der Waals surface area contributed by atoms with E-state index in [1.165, 1.54) is 4.90 Å². The van der Waals surface area contributed by atoms with Gasteiger partial charge in [0.15, 0.2) is 9.84 Å². The van der Waals surface area contributed by atoms with Gasteiger partial charge in [-0.2, -0.15) is 0 Å². The highest BCUT2D eigenvalue weighted by Gasteiger charge is 2.49. The summed E-state index contributed by atoms with van der Waals surface area (Å²) in [6.07, 6.45) is -0.182. The van der Waals surface area contributed by atoms with E-state index in [2.05, 4.69) is 0 Å². The topological polar surface area (TPSA) is 84.0 Å². The van der Waals surface area contributed by atoms with Crippen molar-refractivity contribution >= 4 is 21.8 Å². The van der Waals surface area contributed by atoms with E-state index in [9.17, 15) is 18.0 Å². The maximum absolute atomic E-state index is 12.3. The molecule has 0 aliphatic carbocycles. The number of hydrogen-bond donors (Lipinski definition) is 0. The lowest BCUT2D eigenvalue weighted by Crippen LogP contribution is -2.62. The second kappa shape index (κ2) is 5.72. The number of rotatable bonds is 1. The fraction of sp³-hybridized carbons (Fsp3) is 0.857. The number of nitrogens with zero attached hydrogens (tertiary/aromatic N) is 2. The Morgan fingerprint density at radius 2 is 1.59 bits per heavy atom. The fourth-order valence-corrected chi connectivity index (χ4v) is 4.99. The molecule has 2 heterocycles. The van der Waals surface area contributed by atoms with Gasteiger partial charge in [0, 0.05) is 19.5 Å². The molecule has 2 rings (SSSR count). The first-order valence-corrected chi connectivity index (χ1v) is 9.36. The third-order valence-electron chi connectivity index (χ3n) is 3.93. The number of carbonyl (C=O) groups is 2. The Kier molecular flexibility index (Phi) is 4.43. The number of carbonyl (C=O) groups excluding carboxylic acids is 2. The molecule has 0 bridgehead atoms. The smallest absolute Gasteiger partial charge is 0.410 e. The lowest BCUT2D eigenvalue weighted by molar-refractivity contribution is -0.136. The molecule has 0 aromatic heterocycles. The number of hydrogen-bond acceptors (Lipinski definition) is 5. The van der Waals surface area contributed by atoms with Gasteiger partial charge in [0.05, 0.1) is 23.6 Å². The molecule has 0 saturated carbocycles. The lowest BCUT2D eigenvalue weighted by Gasteiger charge is -2.43. The van der Waals surface area contributed by atoms with Gasteiger partial charge in [-0.25, -0.2) is 13.2 Å².